The summed E-state index contributed by atoms with van der Waals surface area (Å²) in [6.45, 7) is 3.84. The van der Waals surface area contributed by atoms with Crippen LogP contribution in [0.2, 0.25) is 5.15 Å². The number of nitrogens with zero attached hydrogens (tertiary/aromatic N) is 2. The maximum absolute atomic E-state index is 6.09. The SMILES string of the molecule is Cc1nn(C)c(Cl)c1CNCCCI. The molecule has 0 aromatic carbocycles. The van der Waals surface area contributed by atoms with Gasteiger partial charge in [0, 0.05) is 23.6 Å². The summed E-state index contributed by atoms with van der Waals surface area (Å²) in [5.74, 6) is 0. The van der Waals surface area contributed by atoms with Gasteiger partial charge >= 0.3 is 0 Å². The van der Waals surface area contributed by atoms with Crippen LogP contribution >= 0.6 is 34.2 Å². The number of alkyl halides is 1. The molecule has 0 amide bonds. The van der Waals surface area contributed by atoms with Crippen molar-refractivity contribution in [3.05, 3.63) is 16.4 Å². The van der Waals surface area contributed by atoms with Gasteiger partial charge in [-0.25, -0.2) is 0 Å². The Kier molecular flexibility index (Phi) is 5.19. The zero-order valence-corrected chi connectivity index (χ0v) is 11.4. The molecule has 0 bridgehead atoms. The predicted octanol–water partition coefficient (Wildman–Crippen LogP) is 2.30. The number of nitrogens with one attached hydrogen (secondary N) is 1. The quantitative estimate of drug-likeness (QED) is 0.511. The molecule has 0 fully saturated rings. The summed E-state index contributed by atoms with van der Waals surface area (Å²) < 4.78 is 2.90. The van der Waals surface area contributed by atoms with Crippen LogP contribution in [0, 0.1) is 6.92 Å². The molecule has 80 valence electrons. The largest absolute Gasteiger partial charge is 0.312 e. The molecule has 1 aromatic rings. The molecule has 0 aliphatic rings. The summed E-state index contributed by atoms with van der Waals surface area (Å²) in [7, 11) is 1.86. The van der Waals surface area contributed by atoms with E-state index in [1.54, 1.807) is 4.68 Å². The Morgan fingerprint density at radius 3 is 2.79 bits per heavy atom. The number of hydrogen-bond acceptors (Lipinski definition) is 2. The summed E-state index contributed by atoms with van der Waals surface area (Å²) in [5, 5.41) is 8.35. The molecule has 0 radical (unpaired) electrons. The minimum Gasteiger partial charge on any atom is -0.312 e. The third kappa shape index (κ3) is 3.10. The smallest absolute Gasteiger partial charge is 0.131 e. The number of aromatic nitrogens is 2. The van der Waals surface area contributed by atoms with Crippen molar-refractivity contribution in [3.63, 3.8) is 0 Å². The number of halogens is 2. The Hall–Kier alpha value is 0.190. The first-order chi connectivity index (χ1) is 6.66. The second-order valence-electron chi connectivity index (χ2n) is 3.20. The van der Waals surface area contributed by atoms with E-state index in [9.17, 15) is 0 Å². The fourth-order valence-electron chi connectivity index (χ4n) is 1.28. The Balaban J connectivity index is 2.49. The van der Waals surface area contributed by atoms with E-state index < -0.39 is 0 Å². The van der Waals surface area contributed by atoms with Crippen LogP contribution < -0.4 is 5.32 Å². The van der Waals surface area contributed by atoms with E-state index in [1.807, 2.05) is 14.0 Å². The molecular formula is C9H15ClIN3. The minimum absolute atomic E-state index is 0.740. The van der Waals surface area contributed by atoms with Crippen molar-refractivity contribution in [1.82, 2.24) is 15.1 Å². The van der Waals surface area contributed by atoms with Gasteiger partial charge in [-0.05, 0) is 19.9 Å². The van der Waals surface area contributed by atoms with E-state index in [0.717, 1.165) is 29.5 Å². The second-order valence-corrected chi connectivity index (χ2v) is 4.63. The molecule has 0 aliphatic heterocycles. The van der Waals surface area contributed by atoms with Crippen LogP contribution in [0.5, 0.6) is 0 Å². The van der Waals surface area contributed by atoms with Gasteiger partial charge in [-0.1, -0.05) is 34.2 Å². The molecule has 1 N–H and O–H groups in total. The molecule has 0 saturated heterocycles. The Bertz CT molecular complexity index is 298. The molecule has 0 saturated carbocycles. The lowest BCUT2D eigenvalue weighted by Gasteiger charge is -2.02. The van der Waals surface area contributed by atoms with Gasteiger partial charge in [-0.2, -0.15) is 5.10 Å². The van der Waals surface area contributed by atoms with E-state index in [-0.39, 0.29) is 0 Å². The fourth-order valence-corrected chi connectivity index (χ4v) is 1.90. The van der Waals surface area contributed by atoms with Crippen molar-refractivity contribution in [3.8, 4) is 0 Å². The Labute approximate surface area is 103 Å². The highest BCUT2D eigenvalue weighted by Crippen LogP contribution is 2.17. The molecule has 0 unspecified atom stereocenters. The maximum atomic E-state index is 6.09. The molecule has 0 aliphatic carbocycles. The first-order valence-corrected chi connectivity index (χ1v) is 6.51. The number of rotatable bonds is 5. The van der Waals surface area contributed by atoms with Gasteiger partial charge in [0.2, 0.25) is 0 Å². The fraction of sp³-hybridized carbons (Fsp3) is 0.667. The van der Waals surface area contributed by atoms with Crippen LogP contribution in [-0.4, -0.2) is 20.8 Å². The van der Waals surface area contributed by atoms with E-state index in [2.05, 4.69) is 33.0 Å². The van der Waals surface area contributed by atoms with Crippen LogP contribution in [0.4, 0.5) is 0 Å². The van der Waals surface area contributed by atoms with Crippen molar-refractivity contribution < 1.29 is 0 Å². The molecular weight excluding hydrogens is 312 g/mol. The van der Waals surface area contributed by atoms with Crippen molar-refractivity contribution in [2.45, 2.75) is 19.9 Å². The maximum Gasteiger partial charge on any atom is 0.131 e. The van der Waals surface area contributed by atoms with E-state index >= 15 is 0 Å². The summed E-state index contributed by atoms with van der Waals surface area (Å²) in [6.07, 6.45) is 1.19. The van der Waals surface area contributed by atoms with Gasteiger partial charge in [-0.3, -0.25) is 4.68 Å². The molecule has 3 nitrogen and oxygen atoms in total. The summed E-state index contributed by atoms with van der Waals surface area (Å²) in [6, 6.07) is 0. The lowest BCUT2D eigenvalue weighted by atomic mass is 10.2. The van der Waals surface area contributed by atoms with Crippen LogP contribution in [0.15, 0.2) is 0 Å². The van der Waals surface area contributed by atoms with Crippen LogP contribution in [0.1, 0.15) is 17.7 Å². The average Bonchev–Trinajstić information content (AvgIpc) is 2.38. The van der Waals surface area contributed by atoms with E-state index in [4.69, 9.17) is 11.6 Å². The lowest BCUT2D eigenvalue weighted by Crippen LogP contribution is -2.15. The standard InChI is InChI=1S/C9H15ClIN3/c1-7-8(6-12-5-3-4-11)9(10)14(2)13-7/h12H,3-6H2,1-2H3. The minimum atomic E-state index is 0.740. The van der Waals surface area contributed by atoms with Crippen molar-refractivity contribution in [2.75, 3.05) is 11.0 Å². The van der Waals surface area contributed by atoms with Crippen LogP contribution in [-0.2, 0) is 13.6 Å². The van der Waals surface area contributed by atoms with E-state index in [1.165, 1.54) is 10.8 Å². The highest BCUT2D eigenvalue weighted by molar-refractivity contribution is 14.1. The first kappa shape index (κ1) is 12.3. The second kappa shape index (κ2) is 5.92. The third-order valence-electron chi connectivity index (χ3n) is 2.06. The van der Waals surface area contributed by atoms with Gasteiger partial charge in [0.05, 0.1) is 5.69 Å². The monoisotopic (exact) mass is 327 g/mol. The van der Waals surface area contributed by atoms with Crippen LogP contribution in [0.25, 0.3) is 0 Å². The zero-order valence-electron chi connectivity index (χ0n) is 8.48. The summed E-state index contributed by atoms with van der Waals surface area (Å²) >= 11 is 8.46. The molecule has 1 rings (SSSR count). The summed E-state index contributed by atoms with van der Waals surface area (Å²) in [5.41, 5.74) is 2.13. The topological polar surface area (TPSA) is 29.9 Å². The zero-order chi connectivity index (χ0) is 10.6. The highest BCUT2D eigenvalue weighted by atomic mass is 127. The molecule has 5 heteroatoms. The van der Waals surface area contributed by atoms with Crippen LogP contribution in [0.3, 0.4) is 0 Å². The lowest BCUT2D eigenvalue weighted by molar-refractivity contribution is 0.679. The highest BCUT2D eigenvalue weighted by Gasteiger charge is 2.09. The predicted molar refractivity (Wildman–Crippen MR) is 68.2 cm³/mol. The molecule has 14 heavy (non-hydrogen) atoms. The molecule has 1 heterocycles. The van der Waals surface area contributed by atoms with Gasteiger partial charge < -0.3 is 5.32 Å². The normalized spacial score (nSPS) is 10.9. The molecule has 0 atom stereocenters. The van der Waals surface area contributed by atoms with Gasteiger partial charge in [-0.15, -0.1) is 0 Å². The molecule has 1 aromatic heterocycles. The Morgan fingerprint density at radius 1 is 1.57 bits per heavy atom. The Morgan fingerprint density at radius 2 is 2.29 bits per heavy atom. The molecule has 0 spiro atoms. The van der Waals surface area contributed by atoms with Crippen molar-refractivity contribution in [2.24, 2.45) is 7.05 Å². The van der Waals surface area contributed by atoms with Crippen molar-refractivity contribution in [1.29, 1.82) is 0 Å². The number of aryl methyl sites for hydroxylation is 2. The van der Waals surface area contributed by atoms with Gasteiger partial charge in [0.1, 0.15) is 5.15 Å². The van der Waals surface area contributed by atoms with Gasteiger partial charge in [0.25, 0.3) is 0 Å². The number of hydrogen-bond donors (Lipinski definition) is 1. The third-order valence-corrected chi connectivity index (χ3v) is 3.29. The first-order valence-electron chi connectivity index (χ1n) is 4.61. The van der Waals surface area contributed by atoms with Crippen molar-refractivity contribution >= 4 is 34.2 Å². The van der Waals surface area contributed by atoms with Gasteiger partial charge in [0.15, 0.2) is 0 Å². The average molecular weight is 328 g/mol. The summed E-state index contributed by atoms with van der Waals surface area (Å²) in [4.78, 5) is 0. The van der Waals surface area contributed by atoms with E-state index in [0.29, 0.717) is 0 Å².